The van der Waals surface area contributed by atoms with Crippen molar-refractivity contribution >= 4 is 23.4 Å². The Morgan fingerprint density at radius 3 is 2.27 bits per heavy atom. The lowest BCUT2D eigenvalue weighted by Crippen LogP contribution is -2.50. The van der Waals surface area contributed by atoms with E-state index in [9.17, 15) is 14.4 Å². The number of anilines is 1. The van der Waals surface area contributed by atoms with Gasteiger partial charge in [0.1, 0.15) is 0 Å². The van der Waals surface area contributed by atoms with Crippen molar-refractivity contribution in [2.24, 2.45) is 11.8 Å². The molecule has 6 nitrogen and oxygen atoms in total. The van der Waals surface area contributed by atoms with Gasteiger partial charge >= 0.3 is 0 Å². The monoisotopic (exact) mass is 355 g/mol. The second kappa shape index (κ2) is 6.74. The van der Waals surface area contributed by atoms with Gasteiger partial charge in [-0.3, -0.25) is 14.4 Å². The Kier molecular flexibility index (Phi) is 4.42. The number of para-hydroxylation sites is 1. The fraction of sp³-hybridized carbons (Fsp3) is 0.550. The van der Waals surface area contributed by atoms with Crippen LogP contribution in [-0.2, 0) is 20.8 Å². The molecule has 0 bridgehead atoms. The molecule has 0 radical (unpaired) electrons. The Morgan fingerprint density at radius 2 is 1.54 bits per heavy atom. The summed E-state index contributed by atoms with van der Waals surface area (Å²) in [6.07, 6.45) is 2.64. The minimum Gasteiger partial charge on any atom is -0.339 e. The number of carbonyl (C=O) groups is 3. The zero-order valence-corrected chi connectivity index (χ0v) is 15.2. The lowest BCUT2D eigenvalue weighted by Gasteiger charge is -2.34. The van der Waals surface area contributed by atoms with Crippen LogP contribution >= 0.6 is 0 Å². The Balaban J connectivity index is 1.38. The average molecular weight is 355 g/mol. The molecule has 2 unspecified atom stereocenters. The van der Waals surface area contributed by atoms with Gasteiger partial charge in [-0.2, -0.15) is 0 Å². The maximum atomic E-state index is 13.0. The highest BCUT2D eigenvalue weighted by molar-refractivity contribution is 6.01. The van der Waals surface area contributed by atoms with Gasteiger partial charge in [-0.1, -0.05) is 18.2 Å². The summed E-state index contributed by atoms with van der Waals surface area (Å²) < 4.78 is 0. The van der Waals surface area contributed by atoms with Crippen molar-refractivity contribution < 1.29 is 14.4 Å². The van der Waals surface area contributed by atoms with Crippen LogP contribution < -0.4 is 4.90 Å². The SMILES string of the molecule is CC(=O)N1CCN(C(=O)C2CC2C(=O)N2CCCc3ccccc32)CC1. The van der Waals surface area contributed by atoms with Gasteiger partial charge in [-0.15, -0.1) is 0 Å². The highest BCUT2D eigenvalue weighted by atomic mass is 16.2. The Morgan fingerprint density at radius 1 is 0.885 bits per heavy atom. The van der Waals surface area contributed by atoms with E-state index in [-0.39, 0.29) is 29.6 Å². The summed E-state index contributed by atoms with van der Waals surface area (Å²) in [7, 11) is 0. The molecule has 3 aliphatic rings. The molecule has 138 valence electrons. The molecule has 26 heavy (non-hydrogen) atoms. The Hall–Kier alpha value is -2.37. The number of amides is 3. The molecule has 0 spiro atoms. The smallest absolute Gasteiger partial charge is 0.230 e. The van der Waals surface area contributed by atoms with Gasteiger partial charge in [0, 0.05) is 45.3 Å². The number of piperazine rings is 1. The normalized spacial score (nSPS) is 24.9. The van der Waals surface area contributed by atoms with Crippen LogP contribution in [0.1, 0.15) is 25.3 Å². The lowest BCUT2D eigenvalue weighted by molar-refractivity contribution is -0.140. The molecule has 3 amide bonds. The van der Waals surface area contributed by atoms with E-state index >= 15 is 0 Å². The molecule has 4 rings (SSSR count). The van der Waals surface area contributed by atoms with E-state index in [1.165, 1.54) is 5.56 Å². The van der Waals surface area contributed by atoms with Crippen LogP contribution in [0.5, 0.6) is 0 Å². The molecule has 1 aliphatic carbocycles. The quantitative estimate of drug-likeness (QED) is 0.803. The largest absolute Gasteiger partial charge is 0.339 e. The number of benzene rings is 1. The van der Waals surface area contributed by atoms with Crippen molar-refractivity contribution in [2.45, 2.75) is 26.2 Å². The highest BCUT2D eigenvalue weighted by Crippen LogP contribution is 2.43. The van der Waals surface area contributed by atoms with Gasteiger partial charge < -0.3 is 14.7 Å². The van der Waals surface area contributed by atoms with Crippen molar-refractivity contribution in [2.75, 3.05) is 37.6 Å². The summed E-state index contributed by atoms with van der Waals surface area (Å²) >= 11 is 0. The van der Waals surface area contributed by atoms with E-state index in [2.05, 4.69) is 6.07 Å². The molecule has 2 aliphatic heterocycles. The maximum Gasteiger partial charge on any atom is 0.230 e. The summed E-state index contributed by atoms with van der Waals surface area (Å²) in [6.45, 7) is 4.62. The molecule has 2 heterocycles. The fourth-order valence-electron chi connectivity index (χ4n) is 4.18. The number of hydrogen-bond donors (Lipinski definition) is 0. The van der Waals surface area contributed by atoms with E-state index in [0.29, 0.717) is 32.6 Å². The first-order valence-corrected chi connectivity index (χ1v) is 9.50. The number of aryl methyl sites for hydroxylation is 1. The van der Waals surface area contributed by atoms with E-state index in [4.69, 9.17) is 0 Å². The molecule has 1 saturated carbocycles. The first-order valence-electron chi connectivity index (χ1n) is 9.50. The van der Waals surface area contributed by atoms with Crippen molar-refractivity contribution in [3.8, 4) is 0 Å². The minimum absolute atomic E-state index is 0.0559. The van der Waals surface area contributed by atoms with Crippen LogP contribution in [0.25, 0.3) is 0 Å². The molecule has 6 heteroatoms. The van der Waals surface area contributed by atoms with Crippen molar-refractivity contribution in [3.63, 3.8) is 0 Å². The molecular formula is C20H25N3O3. The zero-order chi connectivity index (χ0) is 18.3. The maximum absolute atomic E-state index is 13.0. The third-order valence-corrected chi connectivity index (χ3v) is 5.84. The van der Waals surface area contributed by atoms with Gasteiger partial charge in [-0.25, -0.2) is 0 Å². The Labute approximate surface area is 153 Å². The van der Waals surface area contributed by atoms with Crippen LogP contribution in [0.4, 0.5) is 5.69 Å². The van der Waals surface area contributed by atoms with Crippen LogP contribution in [0.15, 0.2) is 24.3 Å². The summed E-state index contributed by atoms with van der Waals surface area (Å²) in [5, 5.41) is 0. The number of rotatable bonds is 2. The van der Waals surface area contributed by atoms with Crippen molar-refractivity contribution in [1.82, 2.24) is 9.80 Å². The molecule has 1 saturated heterocycles. The average Bonchev–Trinajstić information content (AvgIpc) is 3.47. The van der Waals surface area contributed by atoms with Gasteiger partial charge in [0.25, 0.3) is 0 Å². The summed E-state index contributed by atoms with van der Waals surface area (Å²) in [5.74, 6) is -0.130. The standard InChI is InChI=1S/C20H25N3O3/c1-14(24)21-9-11-22(12-10-21)19(25)16-13-17(16)20(26)23-8-4-6-15-5-2-3-7-18(15)23/h2-3,5,7,16-17H,4,6,8-13H2,1H3. The summed E-state index contributed by atoms with van der Waals surface area (Å²) in [4.78, 5) is 42.6. The highest BCUT2D eigenvalue weighted by Gasteiger charge is 2.51. The predicted octanol–water partition coefficient (Wildman–Crippen LogP) is 1.29. The number of carbonyl (C=O) groups excluding carboxylic acids is 3. The first-order chi connectivity index (χ1) is 12.6. The first kappa shape index (κ1) is 17.1. The lowest BCUT2D eigenvalue weighted by atomic mass is 10.0. The third-order valence-electron chi connectivity index (χ3n) is 5.84. The minimum atomic E-state index is -0.181. The fourth-order valence-corrected chi connectivity index (χ4v) is 4.18. The van der Waals surface area contributed by atoms with Crippen LogP contribution in [-0.4, -0.2) is 60.2 Å². The van der Waals surface area contributed by atoms with E-state index in [0.717, 1.165) is 25.1 Å². The second-order valence-electron chi connectivity index (χ2n) is 7.50. The van der Waals surface area contributed by atoms with E-state index < -0.39 is 0 Å². The van der Waals surface area contributed by atoms with Crippen molar-refractivity contribution in [1.29, 1.82) is 0 Å². The summed E-state index contributed by atoms with van der Waals surface area (Å²) in [5.41, 5.74) is 2.23. The topological polar surface area (TPSA) is 60.9 Å². The molecule has 1 aromatic carbocycles. The molecule has 2 atom stereocenters. The number of nitrogens with zero attached hydrogens (tertiary/aromatic N) is 3. The van der Waals surface area contributed by atoms with Gasteiger partial charge in [0.15, 0.2) is 0 Å². The van der Waals surface area contributed by atoms with Gasteiger partial charge in [0.2, 0.25) is 17.7 Å². The Bertz CT molecular complexity index is 740. The number of fused-ring (bicyclic) bond motifs is 1. The second-order valence-corrected chi connectivity index (χ2v) is 7.50. The molecular weight excluding hydrogens is 330 g/mol. The third kappa shape index (κ3) is 3.08. The molecule has 0 aromatic heterocycles. The van der Waals surface area contributed by atoms with Crippen LogP contribution in [0.2, 0.25) is 0 Å². The van der Waals surface area contributed by atoms with E-state index in [1.807, 2.05) is 28.0 Å². The van der Waals surface area contributed by atoms with E-state index in [1.54, 1.807) is 11.8 Å². The van der Waals surface area contributed by atoms with Gasteiger partial charge in [-0.05, 0) is 30.9 Å². The predicted molar refractivity (Wildman–Crippen MR) is 97.5 cm³/mol. The molecule has 1 aromatic rings. The van der Waals surface area contributed by atoms with Gasteiger partial charge in [0.05, 0.1) is 11.8 Å². The summed E-state index contributed by atoms with van der Waals surface area (Å²) in [6, 6.07) is 8.07. The number of hydrogen-bond acceptors (Lipinski definition) is 3. The molecule has 0 N–H and O–H groups in total. The molecule has 2 fully saturated rings. The van der Waals surface area contributed by atoms with Crippen LogP contribution in [0.3, 0.4) is 0 Å². The van der Waals surface area contributed by atoms with Crippen LogP contribution in [0, 0.1) is 11.8 Å². The zero-order valence-electron chi connectivity index (χ0n) is 15.2. The van der Waals surface area contributed by atoms with Crippen molar-refractivity contribution in [3.05, 3.63) is 29.8 Å².